The van der Waals surface area contributed by atoms with Crippen LogP contribution in [0.15, 0.2) is 39.6 Å². The predicted molar refractivity (Wildman–Crippen MR) is 108 cm³/mol. The van der Waals surface area contributed by atoms with Gasteiger partial charge in [-0.1, -0.05) is 24.3 Å². The van der Waals surface area contributed by atoms with Crippen LogP contribution in [0.1, 0.15) is 46.9 Å². The van der Waals surface area contributed by atoms with Gasteiger partial charge in [0.25, 0.3) is 0 Å². The molecular formula is C21H23N3O3S. The van der Waals surface area contributed by atoms with Crippen molar-refractivity contribution in [1.29, 1.82) is 0 Å². The third-order valence-electron chi connectivity index (χ3n) is 6.13. The fraction of sp³-hybridized carbons (Fsp3) is 0.381. The molecule has 0 spiro atoms. The molecule has 146 valence electrons. The Morgan fingerprint density at radius 2 is 1.79 bits per heavy atom. The molecule has 3 aliphatic rings. The highest BCUT2D eigenvalue weighted by Gasteiger charge is 2.38. The van der Waals surface area contributed by atoms with E-state index in [4.69, 9.17) is 0 Å². The first kappa shape index (κ1) is 17.8. The number of urea groups is 1. The van der Waals surface area contributed by atoms with E-state index in [0.29, 0.717) is 10.5 Å². The number of fused-ring (bicyclic) bond motifs is 3. The quantitative estimate of drug-likeness (QED) is 0.772. The molecular weight excluding hydrogens is 374 g/mol. The first-order chi connectivity index (χ1) is 13.5. The van der Waals surface area contributed by atoms with Crippen molar-refractivity contribution in [3.63, 3.8) is 0 Å². The highest BCUT2D eigenvalue weighted by molar-refractivity contribution is 7.92. The molecule has 7 heteroatoms. The fourth-order valence-corrected chi connectivity index (χ4v) is 6.67. The summed E-state index contributed by atoms with van der Waals surface area (Å²) in [6.07, 6.45) is 5.15. The van der Waals surface area contributed by atoms with E-state index in [1.807, 2.05) is 0 Å². The fourth-order valence-electron chi connectivity index (χ4n) is 4.75. The van der Waals surface area contributed by atoms with Crippen molar-refractivity contribution >= 4 is 21.6 Å². The first-order valence-electron chi connectivity index (χ1n) is 9.73. The van der Waals surface area contributed by atoms with E-state index in [1.165, 1.54) is 33.6 Å². The first-order valence-corrected chi connectivity index (χ1v) is 11.2. The normalized spacial score (nSPS) is 25.3. The van der Waals surface area contributed by atoms with Crippen LogP contribution >= 0.6 is 0 Å². The van der Waals surface area contributed by atoms with Crippen molar-refractivity contribution in [2.24, 2.45) is 4.36 Å². The van der Waals surface area contributed by atoms with E-state index in [-0.39, 0.29) is 0 Å². The third-order valence-corrected chi connectivity index (χ3v) is 8.47. The molecule has 0 bridgehead atoms. The number of benzene rings is 2. The lowest BCUT2D eigenvalue weighted by Gasteiger charge is -2.17. The molecule has 1 heterocycles. The van der Waals surface area contributed by atoms with Gasteiger partial charge < -0.3 is 10.4 Å². The summed E-state index contributed by atoms with van der Waals surface area (Å²) in [6.45, 7) is 0. The average Bonchev–Trinajstić information content (AvgIpc) is 3.38. The van der Waals surface area contributed by atoms with Gasteiger partial charge >= 0.3 is 6.03 Å². The van der Waals surface area contributed by atoms with Crippen molar-refractivity contribution in [1.82, 2.24) is 4.31 Å². The number of carbonyl (C=O) groups excluding carboxylic acids is 1. The summed E-state index contributed by atoms with van der Waals surface area (Å²) in [5, 5.41) is 13.4. The number of anilines is 1. The highest BCUT2D eigenvalue weighted by atomic mass is 32.2. The van der Waals surface area contributed by atoms with Crippen molar-refractivity contribution in [2.45, 2.75) is 49.6 Å². The van der Waals surface area contributed by atoms with Crippen LogP contribution in [0, 0.1) is 0 Å². The van der Waals surface area contributed by atoms with E-state index in [9.17, 15) is 14.1 Å². The van der Waals surface area contributed by atoms with Crippen molar-refractivity contribution in [2.75, 3.05) is 12.4 Å². The van der Waals surface area contributed by atoms with Gasteiger partial charge in [0, 0.05) is 18.3 Å². The van der Waals surface area contributed by atoms with Gasteiger partial charge in [0.2, 0.25) is 0 Å². The average molecular weight is 398 g/mol. The zero-order valence-electron chi connectivity index (χ0n) is 15.8. The zero-order valence-corrected chi connectivity index (χ0v) is 16.6. The number of aliphatic hydroxyl groups excluding tert-OH is 1. The Balaban J connectivity index is 1.56. The number of aliphatic hydroxyl groups is 1. The lowest BCUT2D eigenvalue weighted by atomic mass is 9.99. The van der Waals surface area contributed by atoms with Crippen LogP contribution in [0.5, 0.6) is 0 Å². The second-order valence-corrected chi connectivity index (χ2v) is 9.90. The minimum Gasteiger partial charge on any atom is -0.373 e. The molecule has 28 heavy (non-hydrogen) atoms. The maximum atomic E-state index is 13.6. The predicted octanol–water partition coefficient (Wildman–Crippen LogP) is 3.57. The van der Waals surface area contributed by atoms with E-state index in [1.54, 1.807) is 24.3 Å². The molecule has 0 radical (unpaired) electrons. The van der Waals surface area contributed by atoms with Gasteiger partial charge in [-0.15, -0.1) is 4.36 Å². The van der Waals surface area contributed by atoms with Gasteiger partial charge in [-0.25, -0.2) is 9.00 Å². The SMILES string of the molecule is CN1C(O)c2ccccc2S1(=O)=NC(=O)Nc1c2c(cc3c1CCC3)CCC2. The summed E-state index contributed by atoms with van der Waals surface area (Å²) in [4.78, 5) is 13.3. The minimum atomic E-state index is -3.19. The number of hydrogen-bond donors (Lipinski definition) is 2. The maximum absolute atomic E-state index is 13.6. The summed E-state index contributed by atoms with van der Waals surface area (Å²) >= 11 is 0. The number of amides is 2. The largest absolute Gasteiger partial charge is 0.373 e. The lowest BCUT2D eigenvalue weighted by Crippen LogP contribution is -2.25. The van der Waals surface area contributed by atoms with Crippen molar-refractivity contribution < 1.29 is 14.1 Å². The summed E-state index contributed by atoms with van der Waals surface area (Å²) in [5.41, 5.74) is 6.47. The number of nitrogens with one attached hydrogen (secondary N) is 1. The Bertz CT molecular complexity index is 1090. The molecule has 2 amide bonds. The van der Waals surface area contributed by atoms with E-state index >= 15 is 0 Å². The molecule has 0 saturated carbocycles. The van der Waals surface area contributed by atoms with Crippen LogP contribution in [0.3, 0.4) is 0 Å². The molecule has 0 aromatic heterocycles. The number of nitrogens with zero attached hydrogens (tertiary/aromatic N) is 2. The number of rotatable bonds is 1. The smallest absolute Gasteiger partial charge is 0.354 e. The summed E-state index contributed by atoms with van der Waals surface area (Å²) < 4.78 is 18.9. The molecule has 2 aromatic carbocycles. The summed E-state index contributed by atoms with van der Waals surface area (Å²) in [5.74, 6) is 0. The van der Waals surface area contributed by atoms with Crippen LogP contribution in [-0.2, 0) is 35.6 Å². The number of hydrogen-bond acceptors (Lipinski definition) is 3. The number of carbonyl (C=O) groups is 1. The minimum absolute atomic E-state index is 0.406. The van der Waals surface area contributed by atoms with Crippen LogP contribution in [0.4, 0.5) is 10.5 Å². The third kappa shape index (κ3) is 2.53. The van der Waals surface area contributed by atoms with E-state index in [2.05, 4.69) is 15.7 Å². The second-order valence-electron chi connectivity index (χ2n) is 7.71. The van der Waals surface area contributed by atoms with E-state index < -0.39 is 22.2 Å². The van der Waals surface area contributed by atoms with Gasteiger partial charge in [0.1, 0.15) is 6.23 Å². The van der Waals surface area contributed by atoms with Gasteiger partial charge in [-0.3, -0.25) is 0 Å². The molecule has 1 aliphatic heterocycles. The second kappa shape index (κ2) is 6.40. The standard InChI is InChI=1S/C21H23N3O3S/c1-24-20(25)17-8-2-3-11-18(17)28(24,27)23-21(26)22-19-15-9-4-6-13(15)12-14-7-5-10-16(14)19/h2-3,8,11-12,20,25H,4-7,9-10H2,1H3,(H,22,26). The maximum Gasteiger partial charge on any atom is 0.354 e. The molecule has 0 saturated heterocycles. The lowest BCUT2D eigenvalue weighted by molar-refractivity contribution is 0.0870. The Labute approximate surface area is 164 Å². The van der Waals surface area contributed by atoms with Gasteiger partial charge in [0.15, 0.2) is 9.92 Å². The topological polar surface area (TPSA) is 82.0 Å². The Morgan fingerprint density at radius 1 is 1.14 bits per heavy atom. The Morgan fingerprint density at radius 3 is 2.46 bits per heavy atom. The summed E-state index contributed by atoms with van der Waals surface area (Å²) in [6, 6.07) is 8.59. The van der Waals surface area contributed by atoms with Gasteiger partial charge in [-0.05, 0) is 66.8 Å². The molecule has 0 fully saturated rings. The molecule has 2 atom stereocenters. The van der Waals surface area contributed by atoms with Crippen LogP contribution in [0.25, 0.3) is 0 Å². The molecule has 2 aromatic rings. The molecule has 5 rings (SSSR count). The van der Waals surface area contributed by atoms with Crippen LogP contribution < -0.4 is 5.32 Å². The van der Waals surface area contributed by atoms with Crippen molar-refractivity contribution in [3.05, 3.63) is 58.1 Å². The Hall–Kier alpha value is -2.22. The number of aryl methyl sites for hydroxylation is 2. The highest BCUT2D eigenvalue weighted by Crippen LogP contribution is 2.40. The van der Waals surface area contributed by atoms with Gasteiger partial charge in [-0.2, -0.15) is 4.31 Å². The summed E-state index contributed by atoms with van der Waals surface area (Å²) in [7, 11) is -1.66. The van der Waals surface area contributed by atoms with E-state index in [0.717, 1.165) is 44.2 Å². The van der Waals surface area contributed by atoms with Gasteiger partial charge in [0.05, 0.1) is 4.90 Å². The Kier molecular flexibility index (Phi) is 4.08. The molecule has 6 nitrogen and oxygen atoms in total. The molecule has 2 aliphatic carbocycles. The van der Waals surface area contributed by atoms with Crippen LogP contribution in [0.2, 0.25) is 0 Å². The monoisotopic (exact) mass is 397 g/mol. The van der Waals surface area contributed by atoms with Crippen LogP contribution in [-0.4, -0.2) is 26.7 Å². The molecule has 2 N–H and O–H groups in total. The molecule has 2 unspecified atom stereocenters. The van der Waals surface area contributed by atoms with Crippen molar-refractivity contribution in [3.8, 4) is 0 Å². The zero-order chi connectivity index (χ0) is 19.5.